The van der Waals surface area contributed by atoms with Crippen LogP contribution in [0.1, 0.15) is 0 Å². The van der Waals surface area contributed by atoms with E-state index in [0.29, 0.717) is 0 Å². The van der Waals surface area contributed by atoms with E-state index in [-0.39, 0.29) is 0 Å². The summed E-state index contributed by atoms with van der Waals surface area (Å²) in [4.78, 5) is 7.93. The Balaban J connectivity index is 1.86. The van der Waals surface area contributed by atoms with Gasteiger partial charge in [-0.3, -0.25) is 0 Å². The monoisotopic (exact) mass is 359 g/mol. The first-order valence-corrected chi connectivity index (χ1v) is 9.41. The first-order chi connectivity index (χ1) is 11.2. The van der Waals surface area contributed by atoms with Crippen molar-refractivity contribution in [3.8, 4) is 11.1 Å². The van der Waals surface area contributed by atoms with E-state index in [2.05, 4.69) is 67.4 Å². The summed E-state index contributed by atoms with van der Waals surface area (Å²) in [6.45, 7) is 0. The molecule has 0 spiro atoms. The fourth-order valence-electron chi connectivity index (χ4n) is 2.82. The number of aryl methyl sites for hydroxylation is 1. The molecule has 2 aromatic carbocycles. The van der Waals surface area contributed by atoms with Crippen molar-refractivity contribution in [2.75, 3.05) is 5.49 Å². The topological polar surface area (TPSA) is 33.6 Å². The third-order valence-corrected chi connectivity index (χ3v) is 5.41. The Morgan fingerprint density at radius 3 is 2.96 bits per heavy atom. The van der Waals surface area contributed by atoms with Crippen molar-refractivity contribution in [1.29, 1.82) is 0 Å². The zero-order valence-corrected chi connectivity index (χ0v) is 15.2. The van der Waals surface area contributed by atoms with Gasteiger partial charge in [-0.25, -0.2) is 4.98 Å². The van der Waals surface area contributed by atoms with Gasteiger partial charge in [0, 0.05) is 35.2 Å². The molecule has 0 aliphatic carbocycles. The van der Waals surface area contributed by atoms with Crippen molar-refractivity contribution in [1.82, 2.24) is 14.5 Å². The van der Waals surface area contributed by atoms with E-state index in [1.165, 1.54) is 10.9 Å². The fraction of sp³-hybridized carbons (Fsp3) is 0.118. The molecule has 0 saturated carbocycles. The Bertz CT molecular complexity index is 1020. The number of halogens is 1. The quantitative estimate of drug-likeness (QED) is 0.398. The van der Waals surface area contributed by atoms with E-state index in [4.69, 9.17) is 11.6 Å². The number of benzene rings is 2. The summed E-state index contributed by atoms with van der Waals surface area (Å²) in [5.41, 5.74) is 6.16. The van der Waals surface area contributed by atoms with Crippen LogP contribution in [-0.4, -0.2) is 20.0 Å². The van der Waals surface area contributed by atoms with Crippen LogP contribution in [0.15, 0.2) is 47.8 Å². The fourth-order valence-corrected chi connectivity index (χ4v) is 4.07. The second-order valence-corrected chi connectivity index (χ2v) is 7.82. The summed E-state index contributed by atoms with van der Waals surface area (Å²) >= 11 is 8.18. The van der Waals surface area contributed by atoms with Crippen LogP contribution < -0.4 is 0 Å². The molecule has 0 fully saturated rings. The van der Waals surface area contributed by atoms with Gasteiger partial charge in [0.05, 0.1) is 16.1 Å². The van der Waals surface area contributed by atoms with Gasteiger partial charge < -0.3 is 9.55 Å². The maximum atomic E-state index is 6.52. The first-order valence-electron chi connectivity index (χ1n) is 7.23. The Morgan fingerprint density at radius 2 is 2.13 bits per heavy atom. The van der Waals surface area contributed by atoms with Gasteiger partial charge in [-0.15, -0.1) is 9.24 Å². The number of H-pyrrole nitrogens is 1. The molecule has 2 heterocycles. The zero-order valence-electron chi connectivity index (χ0n) is 12.5. The Morgan fingerprint density at radius 1 is 1.26 bits per heavy atom. The molecule has 116 valence electrons. The van der Waals surface area contributed by atoms with Crippen LogP contribution in [-0.2, 0) is 7.05 Å². The molecule has 6 heteroatoms. The van der Waals surface area contributed by atoms with E-state index in [1.807, 2.05) is 6.07 Å². The summed E-state index contributed by atoms with van der Waals surface area (Å²) < 4.78 is 2.11. The number of imidazole rings is 1. The molecule has 2 aromatic heterocycles. The van der Waals surface area contributed by atoms with Gasteiger partial charge in [0.2, 0.25) is 0 Å². The average Bonchev–Trinajstić information content (AvgIpc) is 3.09. The van der Waals surface area contributed by atoms with Crippen LogP contribution in [0.4, 0.5) is 0 Å². The largest absolute Gasteiger partial charge is 0.351 e. The predicted molar refractivity (Wildman–Crippen MR) is 103 cm³/mol. The molecule has 0 saturated heterocycles. The third-order valence-electron chi connectivity index (χ3n) is 3.97. The molecule has 0 aliphatic rings. The highest BCUT2D eigenvalue weighted by molar-refractivity contribution is 8.02. The lowest BCUT2D eigenvalue weighted by molar-refractivity contribution is 0.969. The van der Waals surface area contributed by atoms with Gasteiger partial charge in [0.25, 0.3) is 0 Å². The number of hydrogen-bond acceptors (Lipinski definition) is 2. The van der Waals surface area contributed by atoms with Gasteiger partial charge in [0.1, 0.15) is 0 Å². The van der Waals surface area contributed by atoms with Crippen molar-refractivity contribution in [3.63, 3.8) is 0 Å². The number of thioether (sulfide) groups is 1. The van der Waals surface area contributed by atoms with Crippen molar-refractivity contribution in [2.45, 2.75) is 5.16 Å². The second-order valence-electron chi connectivity index (χ2n) is 5.40. The molecule has 0 aliphatic heterocycles. The lowest BCUT2D eigenvalue weighted by Crippen LogP contribution is -1.85. The van der Waals surface area contributed by atoms with Gasteiger partial charge in [-0.1, -0.05) is 29.4 Å². The number of rotatable bonds is 3. The van der Waals surface area contributed by atoms with Crippen molar-refractivity contribution in [2.24, 2.45) is 7.05 Å². The van der Waals surface area contributed by atoms with Crippen LogP contribution in [0.2, 0.25) is 5.02 Å². The standard InChI is InChI=1S/C17H15ClN3PS/c1-21-5-4-11-6-10(2-3-16(11)21)12-7-14-15(8-13(12)18)20-17(19-14)23-9-22/h2-8H,9,22H2,1H3,(H,19,20). The molecule has 1 unspecified atom stereocenters. The highest BCUT2D eigenvalue weighted by Gasteiger charge is 2.10. The number of aromatic amines is 1. The minimum Gasteiger partial charge on any atom is -0.351 e. The maximum Gasteiger partial charge on any atom is 0.166 e. The molecular weight excluding hydrogens is 345 g/mol. The van der Waals surface area contributed by atoms with E-state index >= 15 is 0 Å². The van der Waals surface area contributed by atoms with Crippen LogP contribution in [0, 0.1) is 0 Å². The molecule has 0 amide bonds. The van der Waals surface area contributed by atoms with Gasteiger partial charge >= 0.3 is 0 Å². The smallest absolute Gasteiger partial charge is 0.166 e. The lowest BCUT2D eigenvalue weighted by atomic mass is 10.0. The number of nitrogens with one attached hydrogen (secondary N) is 1. The van der Waals surface area contributed by atoms with Crippen molar-refractivity contribution >= 4 is 54.5 Å². The van der Waals surface area contributed by atoms with Crippen LogP contribution >= 0.6 is 32.6 Å². The Kier molecular flexibility index (Phi) is 3.84. The minimum absolute atomic E-state index is 0.735. The summed E-state index contributed by atoms with van der Waals surface area (Å²) in [5.74, 6) is 0. The van der Waals surface area contributed by atoms with E-state index in [0.717, 1.165) is 37.8 Å². The second kappa shape index (κ2) is 5.86. The number of fused-ring (bicyclic) bond motifs is 2. The van der Waals surface area contributed by atoms with Crippen LogP contribution in [0.25, 0.3) is 33.1 Å². The zero-order chi connectivity index (χ0) is 16.0. The van der Waals surface area contributed by atoms with Crippen molar-refractivity contribution in [3.05, 3.63) is 47.6 Å². The molecule has 4 rings (SSSR count). The summed E-state index contributed by atoms with van der Waals surface area (Å²) in [6, 6.07) is 12.6. The molecule has 4 aromatic rings. The summed E-state index contributed by atoms with van der Waals surface area (Å²) in [7, 11) is 4.74. The predicted octanol–water partition coefficient (Wildman–Crippen LogP) is 5.30. The minimum atomic E-state index is 0.735. The number of aromatic nitrogens is 3. The molecule has 3 nitrogen and oxygen atoms in total. The van der Waals surface area contributed by atoms with Gasteiger partial charge in [-0.2, -0.15) is 0 Å². The Labute approximate surface area is 145 Å². The van der Waals surface area contributed by atoms with Crippen LogP contribution in [0.5, 0.6) is 0 Å². The maximum absolute atomic E-state index is 6.52. The highest BCUT2D eigenvalue weighted by Crippen LogP contribution is 2.34. The van der Waals surface area contributed by atoms with Crippen molar-refractivity contribution < 1.29 is 0 Å². The average molecular weight is 360 g/mol. The first kappa shape index (κ1) is 15.1. The van der Waals surface area contributed by atoms with E-state index in [9.17, 15) is 0 Å². The molecule has 1 atom stereocenters. The molecule has 23 heavy (non-hydrogen) atoms. The van der Waals surface area contributed by atoms with E-state index in [1.54, 1.807) is 11.8 Å². The summed E-state index contributed by atoms with van der Waals surface area (Å²) in [5, 5.41) is 2.86. The van der Waals surface area contributed by atoms with E-state index < -0.39 is 0 Å². The van der Waals surface area contributed by atoms with Gasteiger partial charge in [0.15, 0.2) is 5.16 Å². The molecule has 1 N–H and O–H groups in total. The lowest BCUT2D eigenvalue weighted by Gasteiger charge is -2.06. The summed E-state index contributed by atoms with van der Waals surface area (Å²) in [6.07, 6.45) is 2.07. The number of hydrogen-bond donors (Lipinski definition) is 1. The third kappa shape index (κ3) is 2.65. The Hall–Kier alpha value is -1.48. The molecule has 0 bridgehead atoms. The van der Waals surface area contributed by atoms with Gasteiger partial charge in [-0.05, 0) is 35.9 Å². The number of nitrogens with zero attached hydrogens (tertiary/aromatic N) is 2. The normalized spacial score (nSPS) is 11.6. The highest BCUT2D eigenvalue weighted by atomic mass is 35.5. The SMILES string of the molecule is Cn1ccc2cc(-c3cc4nc(SCP)[nH]c4cc3Cl)ccc21. The molecule has 0 radical (unpaired) electrons. The van der Waals surface area contributed by atoms with Crippen LogP contribution in [0.3, 0.4) is 0 Å². The molecular formula is C17H15ClN3PS.